The lowest BCUT2D eigenvalue weighted by Gasteiger charge is -2.44. The number of carbonyl (C=O) groups is 1. The Hall–Kier alpha value is -4.18. The number of aromatic nitrogens is 5. The van der Waals surface area contributed by atoms with E-state index in [0.717, 1.165) is 0 Å². The molecule has 0 bridgehead atoms. The Bertz CT molecular complexity index is 1750. The van der Waals surface area contributed by atoms with E-state index in [9.17, 15) is 9.59 Å². The van der Waals surface area contributed by atoms with Crippen molar-refractivity contribution in [3.05, 3.63) is 82.0 Å². The van der Waals surface area contributed by atoms with Gasteiger partial charge in [-0.25, -0.2) is 28.7 Å². The van der Waals surface area contributed by atoms with Crippen LogP contribution in [0.25, 0.3) is 28.0 Å². The third-order valence-corrected chi connectivity index (χ3v) is 8.06. The Labute approximate surface area is 255 Å². The summed E-state index contributed by atoms with van der Waals surface area (Å²) in [6.45, 7) is 16.3. The minimum absolute atomic E-state index is 0.0485. The molecule has 3 aromatic heterocycles. The number of hydrogen-bond donors (Lipinski definition) is 0. The van der Waals surface area contributed by atoms with Gasteiger partial charge in [0.2, 0.25) is 5.91 Å². The van der Waals surface area contributed by atoms with Crippen molar-refractivity contribution < 1.29 is 9.18 Å². The van der Waals surface area contributed by atoms with E-state index in [2.05, 4.69) is 21.5 Å². The Kier molecular flexibility index (Phi) is 8.34. The van der Waals surface area contributed by atoms with Crippen LogP contribution in [0.3, 0.4) is 0 Å². The first-order chi connectivity index (χ1) is 20.4. The van der Waals surface area contributed by atoms with Gasteiger partial charge >= 0.3 is 5.69 Å². The zero-order valence-corrected chi connectivity index (χ0v) is 25.9. The molecule has 11 heteroatoms. The summed E-state index contributed by atoms with van der Waals surface area (Å²) in [4.78, 5) is 49.1. The molecule has 9 nitrogen and oxygen atoms in total. The van der Waals surface area contributed by atoms with Crippen molar-refractivity contribution in [3.8, 4) is 16.9 Å². The summed E-state index contributed by atoms with van der Waals surface area (Å²) >= 11 is 6.81. The Balaban J connectivity index is 1.85. The predicted molar refractivity (Wildman–Crippen MR) is 167 cm³/mol. The fourth-order valence-corrected chi connectivity index (χ4v) is 6.16. The molecule has 1 aromatic carbocycles. The topological polar surface area (TPSA) is 97.1 Å². The molecule has 4 heterocycles. The lowest BCUT2D eigenvalue weighted by molar-refractivity contribution is -0.130. The summed E-state index contributed by atoms with van der Waals surface area (Å²) in [5.41, 5.74) is 1.96. The molecule has 1 saturated heterocycles. The van der Waals surface area contributed by atoms with Crippen molar-refractivity contribution in [1.82, 2.24) is 29.4 Å². The van der Waals surface area contributed by atoms with E-state index in [4.69, 9.17) is 16.6 Å². The van der Waals surface area contributed by atoms with Gasteiger partial charge in [0.1, 0.15) is 18.0 Å². The highest BCUT2D eigenvalue weighted by atomic mass is 35.5. The standard InChI is InChI=1S/C32H35ClFN7O2/c1-8-25(42)40-19(6)14-39(15-20(40)7)30-22-13-23(33)28(21-11-9-10-12-24(21)34)37-31(22)41(32(43)38-30)29-26(17(2)3)35-16-36-27(29)18(4)5/h8-13,16-20H,1,14-15H2,2-7H3/t19-,20+. The van der Waals surface area contributed by atoms with E-state index < -0.39 is 11.5 Å². The Morgan fingerprint density at radius 3 is 2.21 bits per heavy atom. The van der Waals surface area contributed by atoms with Crippen molar-refractivity contribution in [2.45, 2.75) is 65.5 Å². The molecule has 224 valence electrons. The lowest BCUT2D eigenvalue weighted by Crippen LogP contribution is -2.58. The second kappa shape index (κ2) is 11.8. The van der Waals surface area contributed by atoms with Gasteiger partial charge in [-0.2, -0.15) is 4.98 Å². The highest BCUT2D eigenvalue weighted by Gasteiger charge is 2.34. The van der Waals surface area contributed by atoms with E-state index >= 15 is 4.39 Å². The molecular formula is C32H35ClFN7O2. The normalized spacial score (nSPS) is 17.3. The van der Waals surface area contributed by atoms with E-state index in [0.29, 0.717) is 41.4 Å². The lowest BCUT2D eigenvalue weighted by atomic mass is 10.0. The van der Waals surface area contributed by atoms with E-state index in [-0.39, 0.29) is 51.8 Å². The molecular weight excluding hydrogens is 569 g/mol. The second-order valence-electron chi connectivity index (χ2n) is 11.6. The zero-order valence-electron chi connectivity index (χ0n) is 25.2. The maximum atomic E-state index is 15.0. The fraction of sp³-hybridized carbons (Fsp3) is 0.375. The van der Waals surface area contributed by atoms with Gasteiger partial charge in [-0.1, -0.05) is 58.0 Å². The molecule has 1 aliphatic heterocycles. The highest BCUT2D eigenvalue weighted by Crippen LogP contribution is 2.36. The summed E-state index contributed by atoms with van der Waals surface area (Å²) in [6, 6.07) is 7.56. The second-order valence-corrected chi connectivity index (χ2v) is 12.0. The SMILES string of the molecule is C=CC(=O)N1[C@H](C)CN(c2nc(=O)n(-c3c(C(C)C)ncnc3C(C)C)c3nc(-c4ccccc4F)c(Cl)cc23)C[C@@H]1C. The third-order valence-electron chi connectivity index (χ3n) is 7.77. The summed E-state index contributed by atoms with van der Waals surface area (Å²) in [5, 5.41) is 0.728. The molecule has 4 aromatic rings. The number of piperazine rings is 1. The van der Waals surface area contributed by atoms with E-state index in [1.165, 1.54) is 23.0 Å². The molecule has 5 rings (SSSR count). The van der Waals surface area contributed by atoms with Gasteiger partial charge in [0.05, 0.1) is 33.2 Å². The first kappa shape index (κ1) is 30.3. The van der Waals surface area contributed by atoms with Crippen LogP contribution in [0.1, 0.15) is 64.8 Å². The van der Waals surface area contributed by atoms with Crippen LogP contribution in [0.15, 0.2) is 54.1 Å². The predicted octanol–water partition coefficient (Wildman–Crippen LogP) is 5.89. The molecule has 1 aliphatic rings. The quantitative estimate of drug-likeness (QED) is 0.254. The molecule has 0 spiro atoms. The monoisotopic (exact) mass is 603 g/mol. The number of rotatable bonds is 6. The van der Waals surface area contributed by atoms with Gasteiger partial charge in [0, 0.05) is 30.7 Å². The number of pyridine rings is 1. The molecule has 0 unspecified atom stereocenters. The first-order valence-electron chi connectivity index (χ1n) is 14.4. The highest BCUT2D eigenvalue weighted by molar-refractivity contribution is 6.33. The van der Waals surface area contributed by atoms with Crippen LogP contribution in [0.4, 0.5) is 10.2 Å². The van der Waals surface area contributed by atoms with Crippen molar-refractivity contribution in [2.75, 3.05) is 18.0 Å². The maximum Gasteiger partial charge on any atom is 0.355 e. The average molecular weight is 604 g/mol. The maximum absolute atomic E-state index is 15.0. The van der Waals surface area contributed by atoms with Crippen molar-refractivity contribution in [2.24, 2.45) is 0 Å². The fourth-order valence-electron chi connectivity index (χ4n) is 5.91. The third kappa shape index (κ3) is 5.40. The van der Waals surface area contributed by atoms with E-state index in [1.54, 1.807) is 29.2 Å². The van der Waals surface area contributed by atoms with E-state index in [1.807, 2.05) is 46.4 Å². The number of fused-ring (bicyclic) bond motifs is 1. The smallest absolute Gasteiger partial charge is 0.352 e. The van der Waals surface area contributed by atoms with Crippen LogP contribution in [-0.4, -0.2) is 60.5 Å². The number of nitrogens with zero attached hydrogens (tertiary/aromatic N) is 7. The molecule has 1 fully saturated rings. The van der Waals surface area contributed by atoms with Crippen LogP contribution in [0.5, 0.6) is 0 Å². The van der Waals surface area contributed by atoms with Gasteiger partial charge in [-0.3, -0.25) is 4.79 Å². The van der Waals surface area contributed by atoms with Crippen molar-refractivity contribution in [1.29, 1.82) is 0 Å². The summed E-state index contributed by atoms with van der Waals surface area (Å²) in [6.07, 6.45) is 2.82. The van der Waals surface area contributed by atoms with Gasteiger partial charge in [-0.05, 0) is 50.0 Å². The number of halogens is 2. The van der Waals surface area contributed by atoms with Gasteiger partial charge in [0.15, 0.2) is 5.65 Å². The van der Waals surface area contributed by atoms with Gasteiger partial charge in [-0.15, -0.1) is 0 Å². The van der Waals surface area contributed by atoms with Gasteiger partial charge < -0.3 is 9.80 Å². The largest absolute Gasteiger partial charge is 0.355 e. The summed E-state index contributed by atoms with van der Waals surface area (Å²) in [5.74, 6) is -0.345. The number of anilines is 1. The van der Waals surface area contributed by atoms with Crippen molar-refractivity contribution >= 4 is 34.4 Å². The molecule has 43 heavy (non-hydrogen) atoms. The van der Waals surface area contributed by atoms with Gasteiger partial charge in [0.25, 0.3) is 0 Å². The van der Waals surface area contributed by atoms with Crippen LogP contribution >= 0.6 is 11.6 Å². The van der Waals surface area contributed by atoms with Crippen LogP contribution in [0.2, 0.25) is 5.02 Å². The number of hydrogen-bond acceptors (Lipinski definition) is 7. The van der Waals surface area contributed by atoms with Crippen LogP contribution in [0, 0.1) is 5.82 Å². The zero-order chi connectivity index (χ0) is 31.2. The summed E-state index contributed by atoms with van der Waals surface area (Å²) < 4.78 is 16.5. The van der Waals surface area contributed by atoms with Crippen molar-refractivity contribution in [3.63, 3.8) is 0 Å². The first-order valence-corrected chi connectivity index (χ1v) is 14.7. The Morgan fingerprint density at radius 2 is 1.65 bits per heavy atom. The van der Waals surface area contributed by atoms with Crippen LogP contribution in [-0.2, 0) is 4.79 Å². The molecule has 0 saturated carbocycles. The molecule has 0 radical (unpaired) electrons. The summed E-state index contributed by atoms with van der Waals surface area (Å²) in [7, 11) is 0. The van der Waals surface area contributed by atoms with Crippen LogP contribution < -0.4 is 10.6 Å². The number of carbonyl (C=O) groups excluding carboxylic acids is 1. The molecule has 2 atom stereocenters. The molecule has 0 N–H and O–H groups in total. The minimum Gasteiger partial charge on any atom is -0.352 e. The molecule has 0 aliphatic carbocycles. The number of benzene rings is 1. The number of amides is 1. The Morgan fingerprint density at radius 1 is 1.05 bits per heavy atom. The average Bonchev–Trinajstić information content (AvgIpc) is 2.96. The minimum atomic E-state index is -0.569. The molecule has 1 amide bonds.